The number of aromatic nitrogens is 3. The lowest BCUT2D eigenvalue weighted by Gasteiger charge is -2.10. The third kappa shape index (κ3) is 2.76. The molecule has 3 heterocycles. The molecule has 5 heteroatoms. The molecular weight excluding hydrogens is 288 g/mol. The summed E-state index contributed by atoms with van der Waals surface area (Å²) in [5.74, 6) is 1.45. The topological polar surface area (TPSA) is 63.8 Å². The lowest BCUT2D eigenvalue weighted by Crippen LogP contribution is -2.04. The Labute approximate surface area is 133 Å². The zero-order chi connectivity index (χ0) is 15.5. The maximum Gasteiger partial charge on any atom is 0.165 e. The Morgan fingerprint density at radius 1 is 1.00 bits per heavy atom. The quantitative estimate of drug-likeness (QED) is 0.619. The molecule has 0 atom stereocenters. The van der Waals surface area contributed by atoms with E-state index in [2.05, 4.69) is 20.3 Å². The summed E-state index contributed by atoms with van der Waals surface area (Å²) in [4.78, 5) is 13.4. The van der Waals surface area contributed by atoms with Crippen LogP contribution in [0.3, 0.4) is 0 Å². The molecule has 1 aromatic carbocycles. The summed E-state index contributed by atoms with van der Waals surface area (Å²) in [6.07, 6.45) is 6.87. The predicted octanol–water partition coefficient (Wildman–Crippen LogP) is 3.90. The van der Waals surface area contributed by atoms with Gasteiger partial charge in [0.05, 0.1) is 17.3 Å². The van der Waals surface area contributed by atoms with Gasteiger partial charge in [-0.25, -0.2) is 9.97 Å². The van der Waals surface area contributed by atoms with Gasteiger partial charge in [0.1, 0.15) is 12.1 Å². The summed E-state index contributed by atoms with van der Waals surface area (Å²) >= 11 is 0. The average Bonchev–Trinajstić information content (AvgIpc) is 3.15. The van der Waals surface area contributed by atoms with Gasteiger partial charge < -0.3 is 9.73 Å². The van der Waals surface area contributed by atoms with E-state index in [1.54, 1.807) is 18.7 Å². The minimum atomic E-state index is 0.645. The zero-order valence-corrected chi connectivity index (χ0v) is 12.3. The molecule has 0 aliphatic heterocycles. The standard InChI is InChI=1S/C18H14N4O/c1-2-6-16-15(5-1)18(20-11-13-4-3-8-19-10-13)22-17(21-16)14-7-9-23-12-14/h1-10,12H,11H2,(H,20,21,22). The molecule has 5 nitrogen and oxygen atoms in total. The van der Waals surface area contributed by atoms with Gasteiger partial charge in [-0.1, -0.05) is 18.2 Å². The summed E-state index contributed by atoms with van der Waals surface area (Å²) in [5.41, 5.74) is 2.85. The number of furan rings is 1. The van der Waals surface area contributed by atoms with E-state index in [1.807, 2.05) is 48.7 Å². The summed E-state index contributed by atoms with van der Waals surface area (Å²) in [6, 6.07) is 13.8. The molecule has 0 amide bonds. The average molecular weight is 302 g/mol. The van der Waals surface area contributed by atoms with Crippen LogP contribution >= 0.6 is 0 Å². The molecule has 0 radical (unpaired) electrons. The first-order valence-corrected chi connectivity index (χ1v) is 7.32. The third-order valence-corrected chi connectivity index (χ3v) is 3.57. The molecule has 0 saturated heterocycles. The van der Waals surface area contributed by atoms with Crippen molar-refractivity contribution in [2.24, 2.45) is 0 Å². The van der Waals surface area contributed by atoms with E-state index in [0.29, 0.717) is 12.4 Å². The SMILES string of the molecule is c1cncc(CNc2nc(-c3ccoc3)nc3ccccc23)c1. The van der Waals surface area contributed by atoms with Gasteiger partial charge in [-0.15, -0.1) is 0 Å². The van der Waals surface area contributed by atoms with Crippen LogP contribution in [-0.4, -0.2) is 15.0 Å². The molecule has 1 N–H and O–H groups in total. The van der Waals surface area contributed by atoms with E-state index in [1.165, 1.54) is 0 Å². The number of nitrogens with one attached hydrogen (secondary N) is 1. The largest absolute Gasteiger partial charge is 0.472 e. The van der Waals surface area contributed by atoms with E-state index in [-0.39, 0.29) is 0 Å². The van der Waals surface area contributed by atoms with Crippen LogP contribution in [0.25, 0.3) is 22.3 Å². The van der Waals surface area contributed by atoms with E-state index in [4.69, 9.17) is 4.42 Å². The monoisotopic (exact) mass is 302 g/mol. The number of fused-ring (bicyclic) bond motifs is 1. The molecule has 23 heavy (non-hydrogen) atoms. The highest BCUT2D eigenvalue weighted by molar-refractivity contribution is 5.90. The lowest BCUT2D eigenvalue weighted by molar-refractivity contribution is 0.568. The number of hydrogen-bond donors (Lipinski definition) is 1. The molecule has 0 fully saturated rings. The molecule has 0 unspecified atom stereocenters. The fraction of sp³-hybridized carbons (Fsp3) is 0.0556. The maximum atomic E-state index is 5.14. The van der Waals surface area contributed by atoms with Gasteiger partial charge in [-0.3, -0.25) is 4.98 Å². The van der Waals surface area contributed by atoms with Crippen molar-refractivity contribution in [3.8, 4) is 11.4 Å². The van der Waals surface area contributed by atoms with Crippen molar-refractivity contribution in [1.29, 1.82) is 0 Å². The van der Waals surface area contributed by atoms with E-state index in [0.717, 1.165) is 27.8 Å². The van der Waals surface area contributed by atoms with Gasteiger partial charge >= 0.3 is 0 Å². The lowest BCUT2D eigenvalue weighted by atomic mass is 10.2. The highest BCUT2D eigenvalue weighted by atomic mass is 16.3. The van der Waals surface area contributed by atoms with Crippen molar-refractivity contribution < 1.29 is 4.42 Å². The predicted molar refractivity (Wildman–Crippen MR) is 88.8 cm³/mol. The van der Waals surface area contributed by atoms with Crippen molar-refractivity contribution in [3.63, 3.8) is 0 Å². The molecule has 4 aromatic rings. The van der Waals surface area contributed by atoms with Crippen molar-refractivity contribution in [2.45, 2.75) is 6.54 Å². The highest BCUT2D eigenvalue weighted by Gasteiger charge is 2.10. The zero-order valence-electron chi connectivity index (χ0n) is 12.3. The van der Waals surface area contributed by atoms with Crippen LogP contribution in [0.1, 0.15) is 5.56 Å². The number of anilines is 1. The molecule has 0 aliphatic carbocycles. The number of benzene rings is 1. The van der Waals surface area contributed by atoms with Crippen LogP contribution in [0, 0.1) is 0 Å². The molecule has 0 spiro atoms. The van der Waals surface area contributed by atoms with Gasteiger partial charge in [-0.05, 0) is 29.8 Å². The van der Waals surface area contributed by atoms with Crippen LogP contribution in [0.4, 0.5) is 5.82 Å². The van der Waals surface area contributed by atoms with Gasteiger partial charge in [0, 0.05) is 24.3 Å². The van der Waals surface area contributed by atoms with Crippen molar-refractivity contribution in [1.82, 2.24) is 15.0 Å². The minimum Gasteiger partial charge on any atom is -0.472 e. The number of rotatable bonds is 4. The number of para-hydroxylation sites is 1. The van der Waals surface area contributed by atoms with Crippen molar-refractivity contribution in [2.75, 3.05) is 5.32 Å². The second-order valence-corrected chi connectivity index (χ2v) is 5.14. The van der Waals surface area contributed by atoms with Crippen LogP contribution in [0.5, 0.6) is 0 Å². The van der Waals surface area contributed by atoms with E-state index < -0.39 is 0 Å². The van der Waals surface area contributed by atoms with Gasteiger partial charge in [-0.2, -0.15) is 0 Å². The Hall–Kier alpha value is -3.21. The smallest absolute Gasteiger partial charge is 0.165 e. The number of hydrogen-bond acceptors (Lipinski definition) is 5. The highest BCUT2D eigenvalue weighted by Crippen LogP contribution is 2.25. The summed E-state index contributed by atoms with van der Waals surface area (Å²) in [5, 5.41) is 4.37. The first kappa shape index (κ1) is 13.5. The maximum absolute atomic E-state index is 5.14. The Kier molecular flexibility index (Phi) is 3.44. The van der Waals surface area contributed by atoms with Crippen LogP contribution in [0.2, 0.25) is 0 Å². The van der Waals surface area contributed by atoms with E-state index in [9.17, 15) is 0 Å². The van der Waals surface area contributed by atoms with Gasteiger partial charge in [0.15, 0.2) is 5.82 Å². The summed E-state index contributed by atoms with van der Waals surface area (Å²) < 4.78 is 5.14. The van der Waals surface area contributed by atoms with Crippen molar-refractivity contribution >= 4 is 16.7 Å². The fourth-order valence-electron chi connectivity index (χ4n) is 2.42. The summed E-state index contributed by atoms with van der Waals surface area (Å²) in [7, 11) is 0. The Balaban J connectivity index is 1.74. The molecule has 3 aromatic heterocycles. The number of nitrogens with zero attached hydrogens (tertiary/aromatic N) is 3. The first-order valence-electron chi connectivity index (χ1n) is 7.32. The molecular formula is C18H14N4O. The molecule has 0 aliphatic rings. The van der Waals surface area contributed by atoms with Crippen LogP contribution in [-0.2, 0) is 6.54 Å². The minimum absolute atomic E-state index is 0.645. The molecule has 0 saturated carbocycles. The fourth-order valence-corrected chi connectivity index (χ4v) is 2.42. The van der Waals surface area contributed by atoms with Crippen molar-refractivity contribution in [3.05, 3.63) is 72.9 Å². The van der Waals surface area contributed by atoms with E-state index >= 15 is 0 Å². The van der Waals surface area contributed by atoms with Gasteiger partial charge in [0.25, 0.3) is 0 Å². The Morgan fingerprint density at radius 2 is 1.96 bits per heavy atom. The Morgan fingerprint density at radius 3 is 2.78 bits per heavy atom. The second-order valence-electron chi connectivity index (χ2n) is 5.14. The second kappa shape index (κ2) is 5.88. The molecule has 112 valence electrons. The Bertz CT molecular complexity index is 920. The number of pyridine rings is 1. The van der Waals surface area contributed by atoms with Gasteiger partial charge in [0.2, 0.25) is 0 Å². The first-order chi connectivity index (χ1) is 11.4. The van der Waals surface area contributed by atoms with Crippen LogP contribution in [0.15, 0.2) is 71.8 Å². The molecule has 0 bridgehead atoms. The normalized spacial score (nSPS) is 10.8. The summed E-state index contributed by atoms with van der Waals surface area (Å²) in [6.45, 7) is 0.652. The molecule has 4 rings (SSSR count). The third-order valence-electron chi connectivity index (χ3n) is 3.57. The van der Waals surface area contributed by atoms with Crippen LogP contribution < -0.4 is 5.32 Å².